The number of nitrogens with zero attached hydrogens (tertiary/aromatic N) is 1. The number of pyridine rings is 1. The average molecular weight is 254 g/mol. The Hall–Kier alpha value is -0.560. The average Bonchev–Trinajstić information content (AvgIpc) is 2.14. The van der Waals surface area contributed by atoms with E-state index in [-0.39, 0.29) is 17.5 Å². The Kier molecular flexibility index (Phi) is 4.59. The number of thioether (sulfide) groups is 2. The Balaban J connectivity index is 2.23. The molecule has 1 rings (SSSR count). The minimum atomic E-state index is -4.14. The molecule has 2 N–H and O–H groups in total. The number of rotatable bonds is 4. The van der Waals surface area contributed by atoms with Crippen LogP contribution in [0.1, 0.15) is 0 Å². The Labute approximate surface area is 93.8 Å². The quantitative estimate of drug-likeness (QED) is 0.662. The first-order valence-electron chi connectivity index (χ1n) is 4.02. The van der Waals surface area contributed by atoms with Gasteiger partial charge in [-0.25, -0.2) is 4.98 Å². The maximum absolute atomic E-state index is 11.8. The number of anilines is 1. The van der Waals surface area contributed by atoms with Crippen molar-refractivity contribution in [2.45, 2.75) is 10.4 Å². The molecule has 7 heteroatoms. The number of aromatic nitrogens is 1. The van der Waals surface area contributed by atoms with E-state index in [1.54, 1.807) is 18.3 Å². The summed E-state index contributed by atoms with van der Waals surface area (Å²) in [5.41, 5.74) is 1.23. The molecule has 1 heterocycles. The zero-order valence-corrected chi connectivity index (χ0v) is 9.25. The molecule has 0 radical (unpaired) electrons. The first-order chi connectivity index (χ1) is 6.97. The molecule has 1 aromatic heterocycles. The predicted octanol–water partition coefficient (Wildman–Crippen LogP) is 3.01. The fourth-order valence-corrected chi connectivity index (χ4v) is 2.22. The van der Waals surface area contributed by atoms with Crippen molar-refractivity contribution in [2.24, 2.45) is 0 Å². The lowest BCUT2D eigenvalue weighted by Gasteiger charge is -2.04. The topological polar surface area (TPSA) is 38.9 Å². The molecule has 0 aliphatic carbocycles. The number of alkyl halides is 3. The zero-order chi connectivity index (χ0) is 11.3. The summed E-state index contributed by atoms with van der Waals surface area (Å²) in [6.07, 6.45) is 1.55. The standard InChI is InChI=1S/C8H9F3N2S2/c9-8(10,11)15-4-3-14-6-1-2-7(12)13-5-6/h1-2,5H,3-4H2,(H2,12,13). The van der Waals surface area contributed by atoms with E-state index in [0.717, 1.165) is 4.90 Å². The van der Waals surface area contributed by atoms with Gasteiger partial charge in [0.1, 0.15) is 5.82 Å². The van der Waals surface area contributed by atoms with E-state index in [2.05, 4.69) is 4.98 Å². The van der Waals surface area contributed by atoms with Gasteiger partial charge in [0, 0.05) is 22.6 Å². The van der Waals surface area contributed by atoms with Crippen molar-refractivity contribution >= 4 is 29.3 Å². The third kappa shape index (κ3) is 5.78. The summed E-state index contributed by atoms with van der Waals surface area (Å²) in [5.74, 6) is 0.845. The summed E-state index contributed by atoms with van der Waals surface area (Å²) < 4.78 is 35.3. The van der Waals surface area contributed by atoms with Gasteiger partial charge in [-0.05, 0) is 12.1 Å². The highest BCUT2D eigenvalue weighted by molar-refractivity contribution is 8.03. The highest BCUT2D eigenvalue weighted by Crippen LogP contribution is 2.31. The smallest absolute Gasteiger partial charge is 0.384 e. The van der Waals surface area contributed by atoms with Crippen LogP contribution in [0.15, 0.2) is 23.2 Å². The van der Waals surface area contributed by atoms with E-state index < -0.39 is 5.51 Å². The van der Waals surface area contributed by atoms with Gasteiger partial charge in [0.05, 0.1) is 0 Å². The van der Waals surface area contributed by atoms with Crippen molar-refractivity contribution < 1.29 is 13.2 Å². The van der Waals surface area contributed by atoms with Gasteiger partial charge in [-0.1, -0.05) is 11.8 Å². The number of nitrogen functional groups attached to an aromatic ring is 1. The Morgan fingerprint density at radius 2 is 2.00 bits per heavy atom. The van der Waals surface area contributed by atoms with E-state index in [4.69, 9.17) is 5.73 Å². The summed E-state index contributed by atoms with van der Waals surface area (Å²) in [4.78, 5) is 4.66. The van der Waals surface area contributed by atoms with Crippen LogP contribution in [0.25, 0.3) is 0 Å². The van der Waals surface area contributed by atoms with E-state index in [1.165, 1.54) is 11.8 Å². The molecule has 0 saturated heterocycles. The first kappa shape index (κ1) is 12.5. The van der Waals surface area contributed by atoms with Crippen molar-refractivity contribution in [2.75, 3.05) is 17.2 Å². The minimum Gasteiger partial charge on any atom is -0.384 e. The zero-order valence-electron chi connectivity index (χ0n) is 7.62. The molecule has 0 fully saturated rings. The molecule has 0 aliphatic heterocycles. The van der Waals surface area contributed by atoms with Crippen LogP contribution in [0.5, 0.6) is 0 Å². The van der Waals surface area contributed by atoms with Crippen LogP contribution >= 0.6 is 23.5 Å². The fraction of sp³-hybridized carbons (Fsp3) is 0.375. The van der Waals surface area contributed by atoms with Crippen molar-refractivity contribution in [3.05, 3.63) is 18.3 Å². The van der Waals surface area contributed by atoms with Crippen LogP contribution in [-0.4, -0.2) is 22.0 Å². The van der Waals surface area contributed by atoms with Gasteiger partial charge >= 0.3 is 5.51 Å². The maximum Gasteiger partial charge on any atom is 0.441 e. The highest BCUT2D eigenvalue weighted by Gasteiger charge is 2.27. The number of hydrogen-bond acceptors (Lipinski definition) is 4. The molecular formula is C8H9F3N2S2. The van der Waals surface area contributed by atoms with E-state index in [0.29, 0.717) is 11.6 Å². The van der Waals surface area contributed by atoms with Crippen LogP contribution in [-0.2, 0) is 0 Å². The SMILES string of the molecule is Nc1ccc(SCCSC(F)(F)F)cn1. The normalized spacial score (nSPS) is 11.7. The molecule has 0 unspecified atom stereocenters. The molecule has 2 nitrogen and oxygen atoms in total. The second-order valence-electron chi connectivity index (χ2n) is 2.56. The van der Waals surface area contributed by atoms with Crippen LogP contribution in [0, 0.1) is 0 Å². The third-order valence-corrected chi connectivity index (χ3v) is 3.35. The van der Waals surface area contributed by atoms with E-state index in [9.17, 15) is 13.2 Å². The number of nitrogens with two attached hydrogens (primary N) is 1. The first-order valence-corrected chi connectivity index (χ1v) is 5.99. The second kappa shape index (κ2) is 5.50. The summed E-state index contributed by atoms with van der Waals surface area (Å²) in [7, 11) is 0. The third-order valence-electron chi connectivity index (χ3n) is 1.38. The molecule has 84 valence electrons. The molecule has 15 heavy (non-hydrogen) atoms. The molecule has 0 spiro atoms. The molecule has 0 atom stereocenters. The van der Waals surface area contributed by atoms with Crippen molar-refractivity contribution in [1.82, 2.24) is 4.98 Å². The van der Waals surface area contributed by atoms with Crippen molar-refractivity contribution in [3.63, 3.8) is 0 Å². The van der Waals surface area contributed by atoms with E-state index in [1.807, 2.05) is 0 Å². The molecule has 0 aliphatic rings. The minimum absolute atomic E-state index is 0.00997. The number of halogens is 3. The van der Waals surface area contributed by atoms with Gasteiger partial charge < -0.3 is 5.73 Å². The van der Waals surface area contributed by atoms with Crippen LogP contribution < -0.4 is 5.73 Å². The molecule has 0 saturated carbocycles. The summed E-state index contributed by atoms with van der Waals surface area (Å²) in [6.45, 7) is 0. The lowest BCUT2D eigenvalue weighted by molar-refractivity contribution is -0.0326. The lowest BCUT2D eigenvalue weighted by Crippen LogP contribution is -2.02. The van der Waals surface area contributed by atoms with Gasteiger partial charge in [-0.3, -0.25) is 0 Å². The maximum atomic E-state index is 11.8. The van der Waals surface area contributed by atoms with Gasteiger partial charge in [0.25, 0.3) is 0 Å². The van der Waals surface area contributed by atoms with Crippen molar-refractivity contribution in [1.29, 1.82) is 0 Å². The van der Waals surface area contributed by atoms with Crippen molar-refractivity contribution in [3.8, 4) is 0 Å². The van der Waals surface area contributed by atoms with Gasteiger partial charge in [-0.2, -0.15) is 13.2 Å². The van der Waals surface area contributed by atoms with Crippen LogP contribution in [0.4, 0.5) is 19.0 Å². The van der Waals surface area contributed by atoms with Gasteiger partial charge in [0.2, 0.25) is 0 Å². The Morgan fingerprint density at radius 3 is 2.53 bits per heavy atom. The Morgan fingerprint density at radius 1 is 1.27 bits per heavy atom. The Bertz CT molecular complexity index is 300. The largest absolute Gasteiger partial charge is 0.441 e. The molecular weight excluding hydrogens is 245 g/mol. The van der Waals surface area contributed by atoms with Gasteiger partial charge in [0.15, 0.2) is 0 Å². The van der Waals surface area contributed by atoms with Crippen LogP contribution in [0.2, 0.25) is 0 Å². The monoisotopic (exact) mass is 254 g/mol. The summed E-state index contributed by atoms with van der Waals surface area (Å²) in [5, 5.41) is 0. The molecule has 1 aromatic rings. The summed E-state index contributed by atoms with van der Waals surface area (Å²) in [6, 6.07) is 3.37. The fourth-order valence-electron chi connectivity index (χ4n) is 0.794. The molecule has 0 aromatic carbocycles. The summed E-state index contributed by atoms with van der Waals surface area (Å²) >= 11 is 1.32. The second-order valence-corrected chi connectivity index (χ2v) is 4.89. The van der Waals surface area contributed by atoms with Crippen LogP contribution in [0.3, 0.4) is 0 Å². The number of hydrogen-bond donors (Lipinski definition) is 1. The lowest BCUT2D eigenvalue weighted by atomic mass is 10.5. The highest BCUT2D eigenvalue weighted by atomic mass is 32.2. The molecule has 0 amide bonds. The van der Waals surface area contributed by atoms with E-state index >= 15 is 0 Å². The predicted molar refractivity (Wildman–Crippen MR) is 57.9 cm³/mol. The van der Waals surface area contributed by atoms with Gasteiger partial charge in [-0.15, -0.1) is 11.8 Å². The molecule has 0 bridgehead atoms.